The third kappa shape index (κ3) is 4.90. The van der Waals surface area contributed by atoms with E-state index in [2.05, 4.69) is 36.2 Å². The highest BCUT2D eigenvalue weighted by Gasteiger charge is 2.24. The van der Waals surface area contributed by atoms with Crippen LogP contribution >= 0.6 is 24.0 Å². The predicted molar refractivity (Wildman–Crippen MR) is 87.0 cm³/mol. The van der Waals surface area contributed by atoms with Crippen LogP contribution in [0, 0.1) is 0 Å². The lowest BCUT2D eigenvalue weighted by molar-refractivity contribution is 0.0430. The van der Waals surface area contributed by atoms with Crippen LogP contribution in [0.15, 0.2) is 24.3 Å². The minimum Gasteiger partial charge on any atom is -0.377 e. The molecule has 114 valence electrons. The Morgan fingerprint density at radius 1 is 1.40 bits per heavy atom. The smallest absolute Gasteiger partial charge is 0.0597 e. The van der Waals surface area contributed by atoms with Crippen LogP contribution in [-0.4, -0.2) is 43.8 Å². The van der Waals surface area contributed by atoms with Crippen LogP contribution in [0.2, 0.25) is 5.02 Å². The third-order valence-corrected chi connectivity index (χ3v) is 3.79. The summed E-state index contributed by atoms with van der Waals surface area (Å²) in [5.74, 6) is 0. The molecule has 1 aliphatic heterocycles. The minimum atomic E-state index is 0. The van der Waals surface area contributed by atoms with Crippen LogP contribution in [0.3, 0.4) is 0 Å². The highest BCUT2D eigenvalue weighted by Crippen LogP contribution is 2.28. The van der Waals surface area contributed by atoms with Gasteiger partial charge in [-0.05, 0) is 25.5 Å². The van der Waals surface area contributed by atoms with Gasteiger partial charge < -0.3 is 10.1 Å². The summed E-state index contributed by atoms with van der Waals surface area (Å²) in [4.78, 5) is 2.46. The molecular formula is C15H24Cl2N2O. The van der Waals surface area contributed by atoms with Crippen molar-refractivity contribution >= 4 is 24.0 Å². The van der Waals surface area contributed by atoms with Crippen molar-refractivity contribution in [2.24, 2.45) is 0 Å². The second-order valence-corrected chi connectivity index (χ2v) is 5.60. The van der Waals surface area contributed by atoms with Crippen LogP contribution < -0.4 is 5.32 Å². The van der Waals surface area contributed by atoms with Gasteiger partial charge in [0.15, 0.2) is 0 Å². The second kappa shape index (κ2) is 8.85. The molecule has 2 rings (SSSR count). The first-order valence-corrected chi connectivity index (χ1v) is 7.37. The fourth-order valence-corrected chi connectivity index (χ4v) is 2.73. The maximum atomic E-state index is 6.32. The fraction of sp³-hybridized carbons (Fsp3) is 0.600. The van der Waals surface area contributed by atoms with Crippen LogP contribution in [0.25, 0.3) is 0 Å². The van der Waals surface area contributed by atoms with Gasteiger partial charge in [0.2, 0.25) is 0 Å². The summed E-state index contributed by atoms with van der Waals surface area (Å²) in [5.41, 5.74) is 1.21. The molecule has 1 aromatic carbocycles. The average molecular weight is 319 g/mol. The molecule has 1 heterocycles. The molecule has 0 saturated carbocycles. The van der Waals surface area contributed by atoms with E-state index >= 15 is 0 Å². The van der Waals surface area contributed by atoms with Crippen molar-refractivity contribution in [3.8, 4) is 0 Å². The van der Waals surface area contributed by atoms with Crippen LogP contribution in [0.1, 0.15) is 25.5 Å². The largest absolute Gasteiger partial charge is 0.377 e. The number of rotatable bonds is 5. The lowest BCUT2D eigenvalue weighted by Gasteiger charge is -2.37. The number of halogens is 2. The summed E-state index contributed by atoms with van der Waals surface area (Å²) >= 11 is 6.32. The Morgan fingerprint density at radius 2 is 2.15 bits per heavy atom. The van der Waals surface area contributed by atoms with Gasteiger partial charge in [0.25, 0.3) is 0 Å². The number of nitrogens with one attached hydrogen (secondary N) is 1. The second-order valence-electron chi connectivity index (χ2n) is 5.20. The van der Waals surface area contributed by atoms with E-state index in [1.54, 1.807) is 0 Å². The number of ether oxygens (including phenoxy) is 1. The lowest BCUT2D eigenvalue weighted by Crippen LogP contribution is -2.47. The average Bonchev–Trinajstić information content (AvgIpc) is 2.40. The zero-order chi connectivity index (χ0) is 13.7. The molecule has 1 fully saturated rings. The van der Waals surface area contributed by atoms with Gasteiger partial charge in [-0.25, -0.2) is 0 Å². The molecular weight excluding hydrogens is 295 g/mol. The Hall–Kier alpha value is -0.320. The molecule has 1 unspecified atom stereocenters. The van der Waals surface area contributed by atoms with Gasteiger partial charge in [-0.1, -0.05) is 29.8 Å². The lowest BCUT2D eigenvalue weighted by atomic mass is 10.0. The Balaban J connectivity index is 0.00000200. The summed E-state index contributed by atoms with van der Waals surface area (Å²) in [6.07, 6.45) is 0.293. The van der Waals surface area contributed by atoms with Crippen molar-refractivity contribution in [2.45, 2.75) is 26.0 Å². The van der Waals surface area contributed by atoms with Crippen molar-refractivity contribution in [1.29, 1.82) is 0 Å². The maximum absolute atomic E-state index is 6.32. The summed E-state index contributed by atoms with van der Waals surface area (Å²) in [6.45, 7) is 8.90. The first-order chi connectivity index (χ1) is 9.18. The Bertz CT molecular complexity index is 401. The van der Waals surface area contributed by atoms with E-state index in [-0.39, 0.29) is 12.4 Å². The highest BCUT2D eigenvalue weighted by molar-refractivity contribution is 6.31. The third-order valence-electron chi connectivity index (χ3n) is 3.45. The van der Waals surface area contributed by atoms with Crippen molar-refractivity contribution in [3.05, 3.63) is 34.9 Å². The Morgan fingerprint density at radius 3 is 2.85 bits per heavy atom. The van der Waals surface area contributed by atoms with Gasteiger partial charge >= 0.3 is 0 Å². The van der Waals surface area contributed by atoms with Gasteiger partial charge in [0, 0.05) is 37.2 Å². The molecule has 1 N–H and O–H groups in total. The first-order valence-electron chi connectivity index (χ1n) is 6.99. The molecule has 5 heteroatoms. The fourth-order valence-electron chi connectivity index (χ4n) is 2.47. The van der Waals surface area contributed by atoms with E-state index < -0.39 is 0 Å². The van der Waals surface area contributed by atoms with E-state index in [0.29, 0.717) is 12.1 Å². The highest BCUT2D eigenvalue weighted by atomic mass is 35.5. The molecule has 0 aliphatic carbocycles. The van der Waals surface area contributed by atoms with Gasteiger partial charge in [-0.2, -0.15) is 0 Å². The number of benzene rings is 1. The number of hydrogen-bond acceptors (Lipinski definition) is 3. The first kappa shape index (κ1) is 17.7. The normalized spacial score (nSPS) is 19.9. The summed E-state index contributed by atoms with van der Waals surface area (Å²) in [6, 6.07) is 8.47. The van der Waals surface area contributed by atoms with Crippen molar-refractivity contribution in [1.82, 2.24) is 10.2 Å². The molecule has 1 aliphatic rings. The van der Waals surface area contributed by atoms with Crippen LogP contribution in [0.4, 0.5) is 0 Å². The zero-order valence-electron chi connectivity index (χ0n) is 12.1. The number of nitrogens with zero attached hydrogens (tertiary/aromatic N) is 1. The molecule has 0 radical (unpaired) electrons. The topological polar surface area (TPSA) is 24.5 Å². The molecule has 0 bridgehead atoms. The molecule has 1 atom stereocenters. The van der Waals surface area contributed by atoms with Crippen LogP contribution in [0.5, 0.6) is 0 Å². The molecule has 1 aromatic rings. The zero-order valence-corrected chi connectivity index (χ0v) is 13.7. The van der Waals surface area contributed by atoms with Crippen molar-refractivity contribution < 1.29 is 4.74 Å². The van der Waals surface area contributed by atoms with E-state index in [4.69, 9.17) is 16.3 Å². The molecule has 0 amide bonds. The molecule has 1 saturated heterocycles. The quantitative estimate of drug-likeness (QED) is 0.902. The number of hydrogen-bond donors (Lipinski definition) is 1. The summed E-state index contributed by atoms with van der Waals surface area (Å²) in [5, 5.41) is 4.30. The van der Waals surface area contributed by atoms with E-state index in [9.17, 15) is 0 Å². The monoisotopic (exact) mass is 318 g/mol. The summed E-state index contributed by atoms with van der Waals surface area (Å²) in [7, 11) is 0. The van der Waals surface area contributed by atoms with Gasteiger partial charge in [0.1, 0.15) is 0 Å². The SMILES string of the molecule is CC(C)OCCN1CCNCC1c1ccccc1Cl.Cl. The Labute approximate surface area is 133 Å². The van der Waals surface area contributed by atoms with Gasteiger partial charge in [0.05, 0.1) is 12.7 Å². The molecule has 3 nitrogen and oxygen atoms in total. The van der Waals surface area contributed by atoms with Crippen molar-refractivity contribution in [2.75, 3.05) is 32.8 Å². The standard InChI is InChI=1S/C15H23ClN2O.ClH/c1-12(2)19-10-9-18-8-7-17-11-15(18)13-5-3-4-6-14(13)16;/h3-6,12,15,17H,7-11H2,1-2H3;1H. The van der Waals surface area contributed by atoms with E-state index in [1.165, 1.54) is 5.56 Å². The molecule has 20 heavy (non-hydrogen) atoms. The van der Waals surface area contributed by atoms with Gasteiger partial charge in [-0.3, -0.25) is 4.90 Å². The predicted octanol–water partition coefficient (Wildman–Crippen LogP) is 3.13. The van der Waals surface area contributed by atoms with Crippen molar-refractivity contribution in [3.63, 3.8) is 0 Å². The Kier molecular flexibility index (Phi) is 7.85. The maximum Gasteiger partial charge on any atom is 0.0597 e. The molecule has 0 aromatic heterocycles. The van der Waals surface area contributed by atoms with Gasteiger partial charge in [-0.15, -0.1) is 12.4 Å². The minimum absolute atomic E-state index is 0. The molecule has 0 spiro atoms. The van der Waals surface area contributed by atoms with Crippen LogP contribution in [-0.2, 0) is 4.74 Å². The van der Waals surface area contributed by atoms with E-state index in [1.807, 2.05) is 12.1 Å². The summed E-state index contributed by atoms with van der Waals surface area (Å²) < 4.78 is 5.66. The number of piperazine rings is 1. The van der Waals surface area contributed by atoms with E-state index in [0.717, 1.165) is 37.8 Å².